The van der Waals surface area contributed by atoms with Crippen LogP contribution in [-0.4, -0.2) is 81.8 Å². The summed E-state index contributed by atoms with van der Waals surface area (Å²) in [5.41, 5.74) is -1.81. The van der Waals surface area contributed by atoms with Gasteiger partial charge in [0.15, 0.2) is 0 Å². The third-order valence-corrected chi connectivity index (χ3v) is 5.80. The first-order valence-corrected chi connectivity index (χ1v) is 9.07. The molecular formula is C18H27NO7. The minimum Gasteiger partial charge on any atom is -0.460 e. The second-order valence-corrected chi connectivity index (χ2v) is 7.77. The Morgan fingerprint density at radius 1 is 1.31 bits per heavy atom. The molecule has 0 aromatic carbocycles. The first-order valence-electron chi connectivity index (χ1n) is 9.07. The van der Waals surface area contributed by atoms with E-state index < -0.39 is 41.6 Å². The molecule has 0 saturated carbocycles. The van der Waals surface area contributed by atoms with E-state index in [1.807, 2.05) is 6.08 Å². The molecule has 0 amide bonds. The molecule has 0 bridgehead atoms. The number of esters is 2. The number of aliphatic hydroxyl groups is 3. The predicted molar refractivity (Wildman–Crippen MR) is 89.9 cm³/mol. The summed E-state index contributed by atoms with van der Waals surface area (Å²) in [7, 11) is 0. The first kappa shape index (κ1) is 19.3. The van der Waals surface area contributed by atoms with Gasteiger partial charge in [-0.25, -0.2) is 4.79 Å². The zero-order chi connectivity index (χ0) is 19.2. The van der Waals surface area contributed by atoms with Crippen molar-refractivity contribution in [3.8, 4) is 0 Å². The molecule has 8 nitrogen and oxygen atoms in total. The number of nitrogens with zero attached hydrogens (tertiary/aromatic N) is 1. The minimum atomic E-state index is -2.62. The van der Waals surface area contributed by atoms with Crippen LogP contribution in [0.5, 0.6) is 0 Å². The van der Waals surface area contributed by atoms with E-state index in [0.29, 0.717) is 13.0 Å². The fraction of sp³-hybridized carbons (Fsp3) is 0.778. The summed E-state index contributed by atoms with van der Waals surface area (Å²) in [5, 5.41) is 31.5. The van der Waals surface area contributed by atoms with Crippen molar-refractivity contribution >= 4 is 11.9 Å². The Labute approximate surface area is 152 Å². The van der Waals surface area contributed by atoms with Crippen molar-refractivity contribution in [1.29, 1.82) is 0 Å². The van der Waals surface area contributed by atoms with Crippen LogP contribution in [0.4, 0.5) is 0 Å². The Bertz CT molecular complexity index is 617. The Morgan fingerprint density at radius 2 is 2.00 bits per heavy atom. The Kier molecular flexibility index (Phi) is 5.13. The molecule has 3 aliphatic rings. The number of cyclic esters (lactones) is 1. The standard InChI is InChI=1S/C18H27NO7/c1-9(2)13-15(21)18(24,10(3)20)17(23)25-8-11-4-6-19-7-5-12(14(11)19)26-16(13)22/h4,9-10,12-15,20-21,24H,5-8H2,1-3H3/t10-,12-,13+,14-,15-,18-/m1/s1. The molecule has 2 fully saturated rings. The number of ether oxygens (including phenoxy) is 2. The van der Waals surface area contributed by atoms with E-state index in [2.05, 4.69) is 4.90 Å². The number of hydrogen-bond acceptors (Lipinski definition) is 8. The first-order chi connectivity index (χ1) is 12.2. The van der Waals surface area contributed by atoms with Crippen LogP contribution < -0.4 is 0 Å². The summed E-state index contributed by atoms with van der Waals surface area (Å²) in [4.78, 5) is 27.5. The molecule has 8 heteroatoms. The lowest BCUT2D eigenvalue weighted by molar-refractivity contribution is -0.206. The second kappa shape index (κ2) is 6.92. The van der Waals surface area contributed by atoms with E-state index in [-0.39, 0.29) is 18.8 Å². The van der Waals surface area contributed by atoms with Gasteiger partial charge in [0.1, 0.15) is 18.8 Å². The van der Waals surface area contributed by atoms with Crippen molar-refractivity contribution in [3.63, 3.8) is 0 Å². The maximum atomic E-state index is 12.8. The van der Waals surface area contributed by atoms with Crippen molar-refractivity contribution in [2.75, 3.05) is 19.7 Å². The van der Waals surface area contributed by atoms with Gasteiger partial charge in [0.05, 0.1) is 18.1 Å². The average molecular weight is 369 g/mol. The summed E-state index contributed by atoms with van der Waals surface area (Å²) in [5.74, 6) is -3.43. The van der Waals surface area contributed by atoms with Crippen molar-refractivity contribution in [1.82, 2.24) is 4.90 Å². The van der Waals surface area contributed by atoms with E-state index in [1.165, 1.54) is 6.92 Å². The number of carbonyl (C=O) groups is 2. The lowest BCUT2D eigenvalue weighted by Gasteiger charge is -2.37. The molecule has 26 heavy (non-hydrogen) atoms. The van der Waals surface area contributed by atoms with Crippen LogP contribution in [-0.2, 0) is 19.1 Å². The van der Waals surface area contributed by atoms with Crippen LogP contribution in [0.1, 0.15) is 27.2 Å². The van der Waals surface area contributed by atoms with Gasteiger partial charge >= 0.3 is 11.9 Å². The SMILES string of the molecule is CC(C)[C@@H]1C(=O)O[C@@H]2CCN3CC=C(COC(=O)[C@@](O)([C@@H](C)O)[C@@H]1O)[C@H]23. The van der Waals surface area contributed by atoms with Crippen LogP contribution in [0.25, 0.3) is 0 Å². The van der Waals surface area contributed by atoms with Gasteiger partial charge in [-0.3, -0.25) is 9.69 Å². The highest BCUT2D eigenvalue weighted by Crippen LogP contribution is 2.36. The van der Waals surface area contributed by atoms with Gasteiger partial charge in [0.2, 0.25) is 5.60 Å². The summed E-state index contributed by atoms with van der Waals surface area (Å²) in [6.07, 6.45) is -1.29. The van der Waals surface area contributed by atoms with Gasteiger partial charge in [0.25, 0.3) is 0 Å². The van der Waals surface area contributed by atoms with Crippen molar-refractivity contribution < 1.29 is 34.4 Å². The zero-order valence-corrected chi connectivity index (χ0v) is 15.3. The normalized spacial score (nSPS) is 39.7. The Hall–Kier alpha value is -1.48. The van der Waals surface area contributed by atoms with E-state index in [1.54, 1.807) is 13.8 Å². The molecule has 0 aromatic rings. The van der Waals surface area contributed by atoms with Crippen LogP contribution in [0, 0.1) is 11.8 Å². The molecule has 2 saturated heterocycles. The number of aliphatic hydroxyl groups excluding tert-OH is 2. The summed E-state index contributed by atoms with van der Waals surface area (Å²) in [6, 6.07) is -0.158. The molecule has 3 heterocycles. The summed E-state index contributed by atoms with van der Waals surface area (Å²) < 4.78 is 11.0. The smallest absolute Gasteiger partial charge is 0.344 e. The fourth-order valence-corrected chi connectivity index (χ4v) is 4.20. The van der Waals surface area contributed by atoms with Gasteiger partial charge in [-0.05, 0) is 24.8 Å². The molecule has 6 atom stereocenters. The van der Waals surface area contributed by atoms with Gasteiger partial charge in [-0.15, -0.1) is 0 Å². The largest absolute Gasteiger partial charge is 0.460 e. The Morgan fingerprint density at radius 3 is 2.62 bits per heavy atom. The van der Waals surface area contributed by atoms with Gasteiger partial charge in [-0.2, -0.15) is 0 Å². The lowest BCUT2D eigenvalue weighted by atomic mass is 9.78. The van der Waals surface area contributed by atoms with E-state index in [9.17, 15) is 24.9 Å². The molecule has 3 N–H and O–H groups in total. The van der Waals surface area contributed by atoms with Crippen molar-refractivity contribution in [2.24, 2.45) is 11.8 Å². The molecule has 0 aromatic heterocycles. The highest BCUT2D eigenvalue weighted by Gasteiger charge is 2.56. The van der Waals surface area contributed by atoms with Gasteiger partial charge in [0, 0.05) is 13.1 Å². The van der Waals surface area contributed by atoms with Crippen molar-refractivity contribution in [2.45, 2.75) is 57.1 Å². The monoisotopic (exact) mass is 369 g/mol. The maximum absolute atomic E-state index is 12.8. The van der Waals surface area contributed by atoms with Crippen LogP contribution in [0.15, 0.2) is 11.6 Å². The highest BCUT2D eigenvalue weighted by molar-refractivity contribution is 5.83. The quantitative estimate of drug-likeness (QED) is 0.429. The molecule has 0 spiro atoms. The average Bonchev–Trinajstić information content (AvgIpc) is 3.13. The number of hydrogen-bond donors (Lipinski definition) is 3. The zero-order valence-electron chi connectivity index (χ0n) is 15.3. The molecule has 3 aliphatic heterocycles. The highest BCUT2D eigenvalue weighted by atomic mass is 16.6. The molecule has 0 aliphatic carbocycles. The van der Waals surface area contributed by atoms with Crippen LogP contribution in [0.2, 0.25) is 0 Å². The van der Waals surface area contributed by atoms with Gasteiger partial charge in [-0.1, -0.05) is 19.9 Å². The van der Waals surface area contributed by atoms with E-state index in [0.717, 1.165) is 12.1 Å². The second-order valence-electron chi connectivity index (χ2n) is 7.77. The molecule has 3 rings (SSSR count). The van der Waals surface area contributed by atoms with Gasteiger partial charge < -0.3 is 24.8 Å². The number of rotatable bonds is 2. The van der Waals surface area contributed by atoms with E-state index >= 15 is 0 Å². The topological polar surface area (TPSA) is 117 Å². The summed E-state index contributed by atoms with van der Waals surface area (Å²) in [6.45, 7) is 5.92. The Balaban J connectivity index is 2.01. The van der Waals surface area contributed by atoms with Crippen LogP contribution in [0.3, 0.4) is 0 Å². The van der Waals surface area contributed by atoms with Crippen LogP contribution >= 0.6 is 0 Å². The lowest BCUT2D eigenvalue weighted by Crippen LogP contribution is -2.62. The fourth-order valence-electron chi connectivity index (χ4n) is 4.20. The maximum Gasteiger partial charge on any atom is 0.344 e. The molecule has 0 radical (unpaired) electrons. The van der Waals surface area contributed by atoms with E-state index in [4.69, 9.17) is 9.47 Å². The number of carbonyl (C=O) groups excluding carboxylic acids is 2. The third kappa shape index (κ3) is 2.94. The molecular weight excluding hydrogens is 342 g/mol. The summed E-state index contributed by atoms with van der Waals surface area (Å²) >= 11 is 0. The minimum absolute atomic E-state index is 0.0812. The molecule has 146 valence electrons. The predicted octanol–water partition coefficient (Wildman–Crippen LogP) is -0.786. The third-order valence-electron chi connectivity index (χ3n) is 5.80. The van der Waals surface area contributed by atoms with Crippen molar-refractivity contribution in [3.05, 3.63) is 11.6 Å². The molecule has 0 unspecified atom stereocenters.